The summed E-state index contributed by atoms with van der Waals surface area (Å²) in [6.07, 6.45) is 0. The fourth-order valence-electron chi connectivity index (χ4n) is 0. The van der Waals surface area contributed by atoms with E-state index in [-0.39, 0.29) is 19.8 Å². The van der Waals surface area contributed by atoms with Gasteiger partial charge in [-0.15, -0.1) is 0 Å². The third-order valence-electron chi connectivity index (χ3n) is 0. The van der Waals surface area contributed by atoms with Gasteiger partial charge in [0.15, 0.2) is 0 Å². The van der Waals surface area contributed by atoms with Crippen molar-refractivity contribution >= 4 is 41.8 Å². The minimum atomic E-state index is -0.500. The minimum absolute atomic E-state index is 0. The molecular formula is B3GaO6. The molecule has 0 aliphatic heterocycles. The fourth-order valence-corrected chi connectivity index (χ4v) is 0. The Hall–Kier alpha value is -0.369. The van der Waals surface area contributed by atoms with Crippen LogP contribution in [0, 0.1) is 0 Å². The Morgan fingerprint density at radius 2 is 0.700 bits per heavy atom. The van der Waals surface area contributed by atoms with Crippen molar-refractivity contribution in [1.29, 1.82) is 0 Å². The number of rotatable bonds is 0. The second kappa shape index (κ2) is 72.6. The van der Waals surface area contributed by atoms with E-state index in [0.717, 1.165) is 0 Å². The number of hydrogen-bond donors (Lipinski definition) is 0. The molecule has 6 nitrogen and oxygen atoms in total. The van der Waals surface area contributed by atoms with Crippen LogP contribution in [0.2, 0.25) is 0 Å². The van der Waals surface area contributed by atoms with Gasteiger partial charge in [0.25, 0.3) is 0 Å². The molecule has 0 saturated carbocycles. The first-order valence-corrected chi connectivity index (χ1v) is 1.41. The molecule has 0 unspecified atom stereocenters. The standard InChI is InChI=1S/3BO2.Ga/c3*2-1-3;/q3*-1;+3. The second-order valence-electron chi connectivity index (χ2n) is 0.289. The van der Waals surface area contributed by atoms with Crippen LogP contribution in [-0.4, -0.2) is 41.8 Å². The summed E-state index contributed by atoms with van der Waals surface area (Å²) in [7, 11) is -1.50. The molecule has 0 aromatic heterocycles. The summed E-state index contributed by atoms with van der Waals surface area (Å²) in [5, 5.41) is 24.8. The van der Waals surface area contributed by atoms with Crippen molar-refractivity contribution in [2.45, 2.75) is 0 Å². The van der Waals surface area contributed by atoms with Crippen molar-refractivity contribution in [2.24, 2.45) is 0 Å². The molecular weight excluding hydrogens is 198 g/mol. The summed E-state index contributed by atoms with van der Waals surface area (Å²) in [6.45, 7) is 0. The summed E-state index contributed by atoms with van der Waals surface area (Å²) < 4.78 is 24.8. The molecule has 0 aromatic carbocycles. The van der Waals surface area contributed by atoms with E-state index < -0.39 is 22.1 Å². The summed E-state index contributed by atoms with van der Waals surface area (Å²) in [6, 6.07) is 0. The molecule has 0 N–H and O–H groups in total. The van der Waals surface area contributed by atoms with Gasteiger partial charge in [-0.25, -0.2) is 0 Å². The van der Waals surface area contributed by atoms with Crippen LogP contribution < -0.4 is 15.1 Å². The third kappa shape index (κ3) is 2470. The van der Waals surface area contributed by atoms with Gasteiger partial charge in [-0.3, -0.25) is 0 Å². The van der Waals surface area contributed by atoms with Gasteiger partial charge in [0.05, 0.1) is 0 Å². The Morgan fingerprint density at radius 3 is 0.700 bits per heavy atom. The maximum atomic E-state index is 8.25. The van der Waals surface area contributed by atoms with E-state index in [4.69, 9.17) is 29.2 Å². The average Bonchev–Trinajstić information content (AvgIpc) is 1.70. The Labute approximate surface area is 71.5 Å². The van der Waals surface area contributed by atoms with Crippen molar-refractivity contribution in [3.63, 3.8) is 0 Å². The van der Waals surface area contributed by atoms with E-state index in [1.807, 2.05) is 0 Å². The van der Waals surface area contributed by atoms with Gasteiger partial charge >= 0.3 is 71.0 Å². The predicted molar refractivity (Wildman–Crippen MR) is 25.1 cm³/mol. The van der Waals surface area contributed by atoms with E-state index in [0.29, 0.717) is 0 Å². The van der Waals surface area contributed by atoms with E-state index in [1.165, 1.54) is 0 Å². The normalized spacial score (nSPS) is 2.40. The predicted octanol–water partition coefficient (Wildman–Crippen LogP) is -5.45. The van der Waals surface area contributed by atoms with Gasteiger partial charge in [-0.2, -0.15) is 0 Å². The molecule has 0 aromatic rings. The molecule has 48 valence electrons. The van der Waals surface area contributed by atoms with E-state index in [2.05, 4.69) is 0 Å². The first-order chi connectivity index (χ1) is 4.24. The molecule has 0 spiro atoms. The second-order valence-corrected chi connectivity index (χ2v) is 0.289. The molecule has 0 radical (unpaired) electrons. The van der Waals surface area contributed by atoms with Gasteiger partial charge in [0.1, 0.15) is 0 Å². The number of hydrogen-bond acceptors (Lipinski definition) is 6. The van der Waals surface area contributed by atoms with Crippen molar-refractivity contribution in [2.75, 3.05) is 0 Å². The Bertz CT molecular complexity index is 49.7. The fraction of sp³-hybridized carbons (Fsp3) is 0. The van der Waals surface area contributed by atoms with Gasteiger partial charge in [0.2, 0.25) is 0 Å². The van der Waals surface area contributed by atoms with Crippen LogP contribution in [-0.2, 0) is 14.1 Å². The Morgan fingerprint density at radius 1 is 0.700 bits per heavy atom. The summed E-state index contributed by atoms with van der Waals surface area (Å²) in [5.41, 5.74) is 0. The average molecular weight is 198 g/mol. The molecule has 0 heterocycles. The zero-order chi connectivity index (χ0) is 8.12. The van der Waals surface area contributed by atoms with Crippen LogP contribution in [0.4, 0.5) is 0 Å². The summed E-state index contributed by atoms with van der Waals surface area (Å²) in [4.78, 5) is 0. The summed E-state index contributed by atoms with van der Waals surface area (Å²) >= 11 is 0. The molecule has 0 rings (SSSR count). The van der Waals surface area contributed by atoms with Crippen LogP contribution in [0.3, 0.4) is 0 Å². The molecule has 10 heavy (non-hydrogen) atoms. The maximum absolute atomic E-state index is 8.25. The van der Waals surface area contributed by atoms with Crippen LogP contribution in [0.1, 0.15) is 0 Å². The molecule has 0 aliphatic carbocycles. The quantitative estimate of drug-likeness (QED) is 0.358. The molecule has 10 heteroatoms. The van der Waals surface area contributed by atoms with Gasteiger partial charge < -0.3 is 0 Å². The Balaban J connectivity index is -0.0000000257. The van der Waals surface area contributed by atoms with Crippen LogP contribution >= 0.6 is 0 Å². The SMILES string of the molecule is O=B[O-].O=B[O-].O=B[O-].[Ga+3]. The van der Waals surface area contributed by atoms with Crippen LogP contribution in [0.5, 0.6) is 0 Å². The Kier molecular flexibility index (Phi) is 164. The molecule has 0 bridgehead atoms. The zero-order valence-corrected chi connectivity index (χ0v) is 7.18. The first kappa shape index (κ1) is 22.6. The van der Waals surface area contributed by atoms with Gasteiger partial charge in [0, 0.05) is 0 Å². The van der Waals surface area contributed by atoms with Crippen LogP contribution in [0.25, 0.3) is 0 Å². The zero-order valence-electron chi connectivity index (χ0n) is 4.76. The van der Waals surface area contributed by atoms with E-state index in [9.17, 15) is 0 Å². The van der Waals surface area contributed by atoms with E-state index >= 15 is 0 Å². The topological polar surface area (TPSA) is 120 Å². The van der Waals surface area contributed by atoms with Gasteiger partial charge in [-0.1, -0.05) is 0 Å². The van der Waals surface area contributed by atoms with Crippen molar-refractivity contribution in [3.8, 4) is 0 Å². The van der Waals surface area contributed by atoms with Crippen molar-refractivity contribution < 1.29 is 29.2 Å². The van der Waals surface area contributed by atoms with E-state index in [1.54, 1.807) is 0 Å². The van der Waals surface area contributed by atoms with Crippen molar-refractivity contribution in [1.82, 2.24) is 0 Å². The smallest absolute Gasteiger partial charge is 3.00 e. The minimum Gasteiger partial charge on any atom is 3.00 e. The van der Waals surface area contributed by atoms with Gasteiger partial charge in [-0.05, 0) is 0 Å². The molecule has 0 aliphatic rings. The molecule has 0 amide bonds. The molecule has 0 atom stereocenters. The molecule has 0 saturated heterocycles. The monoisotopic (exact) mass is 198 g/mol. The van der Waals surface area contributed by atoms with Crippen LogP contribution in [0.15, 0.2) is 0 Å². The third-order valence-corrected chi connectivity index (χ3v) is 0. The maximum Gasteiger partial charge on any atom is 3.00 e. The largest absolute Gasteiger partial charge is 3.00 e. The first-order valence-electron chi connectivity index (χ1n) is 1.41. The van der Waals surface area contributed by atoms with Crippen molar-refractivity contribution in [3.05, 3.63) is 0 Å². The molecule has 0 fully saturated rings. The summed E-state index contributed by atoms with van der Waals surface area (Å²) in [5.74, 6) is 0.